The molecule has 0 saturated heterocycles. The number of hydrogen-bond acceptors (Lipinski definition) is 2. The first-order valence-electron chi connectivity index (χ1n) is 8.18. The minimum absolute atomic E-state index is 0.00556. The van der Waals surface area contributed by atoms with E-state index in [1.807, 2.05) is 29.2 Å². The van der Waals surface area contributed by atoms with Crippen LogP contribution in [0.25, 0.3) is 0 Å². The Morgan fingerprint density at radius 2 is 1.96 bits per heavy atom. The van der Waals surface area contributed by atoms with Gasteiger partial charge >= 0.3 is 0 Å². The molecule has 1 amide bonds. The lowest BCUT2D eigenvalue weighted by molar-refractivity contribution is -0.133. The Balaban J connectivity index is 1.73. The van der Waals surface area contributed by atoms with Crippen molar-refractivity contribution < 1.29 is 9.53 Å². The highest BCUT2D eigenvalue weighted by Gasteiger charge is 2.34. The summed E-state index contributed by atoms with van der Waals surface area (Å²) in [4.78, 5) is 14.9. The summed E-state index contributed by atoms with van der Waals surface area (Å²) in [5.74, 6) is 0.517. The Morgan fingerprint density at radius 1 is 1.09 bits per heavy atom. The maximum Gasteiger partial charge on any atom is 0.289 e. The van der Waals surface area contributed by atoms with Crippen LogP contribution in [-0.2, 0) is 16.1 Å². The molecule has 118 valence electrons. The fraction of sp³-hybridized carbons (Fsp3) is 0.316. The molecule has 0 bridgehead atoms. The number of hydrogen-bond donors (Lipinski definition) is 0. The van der Waals surface area contributed by atoms with Crippen molar-refractivity contribution in [2.24, 2.45) is 0 Å². The molecule has 0 N–H and O–H groups in total. The molecule has 0 spiro atoms. The number of fused-ring (bicyclic) bond motifs is 1. The Labute approximate surface area is 136 Å². The Kier molecular flexibility index (Phi) is 3.66. The van der Waals surface area contributed by atoms with Gasteiger partial charge in [-0.15, -0.1) is 0 Å². The van der Waals surface area contributed by atoms with Gasteiger partial charge in [-0.1, -0.05) is 30.3 Å². The number of amides is 1. The van der Waals surface area contributed by atoms with E-state index in [9.17, 15) is 4.79 Å². The largest absolute Gasteiger partial charge is 0.488 e. The number of nitrogens with zero attached hydrogens (tertiary/aromatic N) is 2. The molecule has 2 aromatic rings. The standard InChI is InChI=1S/C19H20N2O2/c22-19(17-10-4-5-14-23-17)21-13-12-20-11-6-9-16(20)18(21)15-7-2-1-3-8-15/h1-3,6-11,18H,4-5,12-14H2/t18-/m1/s1. The van der Waals surface area contributed by atoms with Crippen LogP contribution in [0, 0.1) is 0 Å². The highest BCUT2D eigenvalue weighted by atomic mass is 16.5. The molecule has 1 atom stereocenters. The lowest BCUT2D eigenvalue weighted by Crippen LogP contribution is -2.43. The number of rotatable bonds is 2. The van der Waals surface area contributed by atoms with Crippen molar-refractivity contribution in [3.63, 3.8) is 0 Å². The van der Waals surface area contributed by atoms with E-state index >= 15 is 0 Å². The topological polar surface area (TPSA) is 34.5 Å². The average Bonchev–Trinajstić information content (AvgIpc) is 3.10. The van der Waals surface area contributed by atoms with Crippen LogP contribution in [0.1, 0.15) is 30.1 Å². The summed E-state index contributed by atoms with van der Waals surface area (Å²) in [5.41, 5.74) is 2.30. The van der Waals surface area contributed by atoms with Gasteiger partial charge in [-0.25, -0.2) is 0 Å². The molecule has 4 nitrogen and oxygen atoms in total. The molecule has 0 aliphatic carbocycles. The maximum atomic E-state index is 13.0. The summed E-state index contributed by atoms with van der Waals surface area (Å²) in [7, 11) is 0. The van der Waals surface area contributed by atoms with Crippen LogP contribution in [0.2, 0.25) is 0 Å². The van der Waals surface area contributed by atoms with Crippen molar-refractivity contribution >= 4 is 5.91 Å². The Bertz CT molecular complexity index is 733. The molecule has 1 aromatic carbocycles. The zero-order valence-corrected chi connectivity index (χ0v) is 13.0. The molecule has 3 heterocycles. The SMILES string of the molecule is O=C(C1=CCCCO1)N1CCn2cccc2[C@H]1c1ccccc1. The Morgan fingerprint density at radius 3 is 2.74 bits per heavy atom. The molecule has 0 saturated carbocycles. The summed E-state index contributed by atoms with van der Waals surface area (Å²) in [6.07, 6.45) is 5.92. The van der Waals surface area contributed by atoms with E-state index in [-0.39, 0.29) is 11.9 Å². The molecule has 4 rings (SSSR count). The van der Waals surface area contributed by atoms with E-state index < -0.39 is 0 Å². The zero-order chi connectivity index (χ0) is 15.6. The Hall–Kier alpha value is -2.49. The summed E-state index contributed by atoms with van der Waals surface area (Å²) in [5, 5.41) is 0. The van der Waals surface area contributed by atoms with Crippen LogP contribution in [0.3, 0.4) is 0 Å². The highest BCUT2D eigenvalue weighted by Crippen LogP contribution is 2.33. The van der Waals surface area contributed by atoms with Crippen molar-refractivity contribution in [3.05, 3.63) is 71.8 Å². The van der Waals surface area contributed by atoms with Gasteiger partial charge in [0.2, 0.25) is 0 Å². The summed E-state index contributed by atoms with van der Waals surface area (Å²) in [6, 6.07) is 14.3. The van der Waals surface area contributed by atoms with Gasteiger partial charge in [-0.3, -0.25) is 4.79 Å². The molecule has 0 fully saturated rings. The number of benzene rings is 1. The first-order valence-corrected chi connectivity index (χ1v) is 8.18. The van der Waals surface area contributed by atoms with E-state index in [2.05, 4.69) is 35.0 Å². The van der Waals surface area contributed by atoms with E-state index in [0.717, 1.165) is 30.6 Å². The molecular weight excluding hydrogens is 288 g/mol. The third-order valence-corrected chi connectivity index (χ3v) is 4.56. The van der Waals surface area contributed by atoms with Gasteiger partial charge in [0.15, 0.2) is 5.76 Å². The molecular formula is C19H20N2O2. The molecule has 23 heavy (non-hydrogen) atoms. The van der Waals surface area contributed by atoms with Crippen LogP contribution in [0.15, 0.2) is 60.5 Å². The van der Waals surface area contributed by atoms with Crippen LogP contribution in [0.4, 0.5) is 0 Å². The van der Waals surface area contributed by atoms with Crippen molar-refractivity contribution in [2.45, 2.75) is 25.4 Å². The summed E-state index contributed by atoms with van der Waals surface area (Å²) >= 11 is 0. The van der Waals surface area contributed by atoms with Crippen molar-refractivity contribution in [2.75, 3.05) is 13.2 Å². The van der Waals surface area contributed by atoms with Gasteiger partial charge in [-0.05, 0) is 36.6 Å². The third kappa shape index (κ3) is 2.54. The van der Waals surface area contributed by atoms with Gasteiger partial charge in [-0.2, -0.15) is 0 Å². The fourth-order valence-electron chi connectivity index (χ4n) is 3.44. The lowest BCUT2D eigenvalue weighted by Gasteiger charge is -2.38. The molecule has 2 aliphatic heterocycles. The molecule has 4 heteroatoms. The molecule has 0 radical (unpaired) electrons. The van der Waals surface area contributed by atoms with Crippen molar-refractivity contribution in [1.82, 2.24) is 9.47 Å². The predicted molar refractivity (Wildman–Crippen MR) is 87.7 cm³/mol. The first-order chi connectivity index (χ1) is 11.3. The van der Waals surface area contributed by atoms with Crippen molar-refractivity contribution in [1.29, 1.82) is 0 Å². The summed E-state index contributed by atoms with van der Waals surface area (Å²) in [6.45, 7) is 2.16. The molecule has 1 aromatic heterocycles. The zero-order valence-electron chi connectivity index (χ0n) is 13.0. The number of aromatic nitrogens is 1. The second kappa shape index (κ2) is 5.95. The van der Waals surface area contributed by atoms with Crippen molar-refractivity contribution in [3.8, 4) is 0 Å². The maximum absolute atomic E-state index is 13.0. The predicted octanol–water partition coefficient (Wildman–Crippen LogP) is 3.11. The average molecular weight is 308 g/mol. The van der Waals surface area contributed by atoms with Gasteiger partial charge < -0.3 is 14.2 Å². The van der Waals surface area contributed by atoms with Gasteiger partial charge in [0.05, 0.1) is 12.6 Å². The molecule has 2 aliphatic rings. The van der Waals surface area contributed by atoms with Crippen LogP contribution in [0.5, 0.6) is 0 Å². The monoisotopic (exact) mass is 308 g/mol. The van der Waals surface area contributed by atoms with Crippen LogP contribution < -0.4 is 0 Å². The number of allylic oxidation sites excluding steroid dienone is 1. The number of ether oxygens (including phenoxy) is 1. The fourth-order valence-corrected chi connectivity index (χ4v) is 3.44. The van der Waals surface area contributed by atoms with E-state index in [1.54, 1.807) is 0 Å². The third-order valence-electron chi connectivity index (χ3n) is 4.56. The van der Waals surface area contributed by atoms with Gasteiger partial charge in [0.1, 0.15) is 0 Å². The second-order valence-electron chi connectivity index (χ2n) is 6.00. The van der Waals surface area contributed by atoms with E-state index in [4.69, 9.17) is 4.74 Å². The first kappa shape index (κ1) is 14.1. The smallest absolute Gasteiger partial charge is 0.289 e. The lowest BCUT2D eigenvalue weighted by atomic mass is 9.99. The van der Waals surface area contributed by atoms with Crippen LogP contribution in [-0.4, -0.2) is 28.5 Å². The minimum Gasteiger partial charge on any atom is -0.488 e. The van der Waals surface area contributed by atoms with Crippen LogP contribution >= 0.6 is 0 Å². The van der Waals surface area contributed by atoms with E-state index in [0.29, 0.717) is 18.9 Å². The molecule has 0 unspecified atom stereocenters. The van der Waals surface area contributed by atoms with Gasteiger partial charge in [0, 0.05) is 25.0 Å². The normalized spacial score (nSPS) is 20.4. The minimum atomic E-state index is -0.0566. The highest BCUT2D eigenvalue weighted by molar-refractivity contribution is 5.92. The summed E-state index contributed by atoms with van der Waals surface area (Å²) < 4.78 is 7.84. The number of carbonyl (C=O) groups is 1. The van der Waals surface area contributed by atoms with E-state index in [1.165, 1.54) is 0 Å². The number of carbonyl (C=O) groups excluding carboxylic acids is 1. The second-order valence-corrected chi connectivity index (χ2v) is 6.00. The quantitative estimate of drug-likeness (QED) is 0.854. The van der Waals surface area contributed by atoms with Gasteiger partial charge in [0.25, 0.3) is 5.91 Å².